The summed E-state index contributed by atoms with van der Waals surface area (Å²) in [7, 11) is 0. The number of hydrogen-bond donors (Lipinski definition) is 1. The molecule has 1 atom stereocenters. The van der Waals surface area contributed by atoms with Crippen molar-refractivity contribution < 1.29 is 19.1 Å². The Kier molecular flexibility index (Phi) is 4.17. The summed E-state index contributed by atoms with van der Waals surface area (Å²) in [6, 6.07) is 4.72. The summed E-state index contributed by atoms with van der Waals surface area (Å²) in [6.07, 6.45) is 1.90. The van der Waals surface area contributed by atoms with E-state index in [4.69, 9.17) is 9.47 Å². The molecule has 2 aliphatic heterocycles. The zero-order valence-corrected chi connectivity index (χ0v) is 15.1. The van der Waals surface area contributed by atoms with Crippen LogP contribution < -0.4 is 14.8 Å². The molecule has 3 heterocycles. The fourth-order valence-electron chi connectivity index (χ4n) is 3.20. The average molecular weight is 372 g/mol. The number of ether oxygens (including phenoxy) is 2. The molecule has 1 fully saturated rings. The molecule has 27 heavy (non-hydrogen) atoms. The molecule has 0 unspecified atom stereocenters. The number of imide groups is 1. The van der Waals surface area contributed by atoms with Crippen molar-refractivity contribution in [3.63, 3.8) is 0 Å². The number of rotatable bonds is 6. The van der Waals surface area contributed by atoms with Crippen molar-refractivity contribution in [3.05, 3.63) is 29.6 Å². The molecule has 3 amide bonds. The molecule has 1 aromatic heterocycles. The normalized spacial score (nSPS) is 21.0. The minimum atomic E-state index is -1.19. The van der Waals surface area contributed by atoms with Gasteiger partial charge in [-0.25, -0.2) is 9.48 Å². The molecule has 2 aliphatic rings. The Balaban J connectivity index is 1.58. The summed E-state index contributed by atoms with van der Waals surface area (Å²) in [5.41, 5.74) is -0.571. The van der Waals surface area contributed by atoms with Crippen LogP contribution in [0, 0.1) is 0 Å². The minimum Gasteiger partial charge on any atom is -0.454 e. The molecule has 10 heteroatoms. The van der Waals surface area contributed by atoms with Crippen LogP contribution in [-0.4, -0.2) is 43.8 Å². The van der Waals surface area contributed by atoms with Crippen LogP contribution in [0.2, 0.25) is 0 Å². The third kappa shape index (κ3) is 2.86. The van der Waals surface area contributed by atoms with E-state index >= 15 is 0 Å². The van der Waals surface area contributed by atoms with E-state index in [0.717, 1.165) is 17.7 Å². The highest BCUT2D eigenvalue weighted by atomic mass is 16.7. The van der Waals surface area contributed by atoms with Crippen molar-refractivity contribution in [2.45, 2.75) is 45.3 Å². The van der Waals surface area contributed by atoms with Gasteiger partial charge in [-0.3, -0.25) is 9.69 Å². The quantitative estimate of drug-likeness (QED) is 0.758. The number of hydrogen-bond acceptors (Lipinski definition) is 7. The zero-order chi connectivity index (χ0) is 19.0. The fourth-order valence-corrected chi connectivity index (χ4v) is 3.20. The van der Waals surface area contributed by atoms with Gasteiger partial charge in [0.1, 0.15) is 5.54 Å². The smallest absolute Gasteiger partial charge is 0.325 e. The molecule has 4 rings (SSSR count). The van der Waals surface area contributed by atoms with Gasteiger partial charge in [0, 0.05) is 6.54 Å². The molecule has 10 nitrogen and oxygen atoms in total. The Morgan fingerprint density at radius 3 is 2.89 bits per heavy atom. The van der Waals surface area contributed by atoms with Gasteiger partial charge in [-0.2, -0.15) is 0 Å². The monoisotopic (exact) mass is 372 g/mol. The zero-order valence-electron chi connectivity index (χ0n) is 15.1. The maximum Gasteiger partial charge on any atom is 0.325 e. The van der Waals surface area contributed by atoms with Crippen molar-refractivity contribution in [1.82, 2.24) is 30.4 Å². The molecule has 142 valence electrons. The highest BCUT2D eigenvalue weighted by molar-refractivity contribution is 6.07. The second-order valence-corrected chi connectivity index (χ2v) is 6.69. The van der Waals surface area contributed by atoms with Crippen LogP contribution in [0.25, 0.3) is 0 Å². The fraction of sp³-hybridized carbons (Fsp3) is 0.471. The number of tetrazole rings is 1. The first kappa shape index (κ1) is 17.3. The number of nitrogens with zero attached hydrogens (tertiary/aromatic N) is 5. The van der Waals surface area contributed by atoms with E-state index in [1.165, 1.54) is 0 Å². The maximum absolute atomic E-state index is 13.1. The first-order chi connectivity index (χ1) is 13.0. The summed E-state index contributed by atoms with van der Waals surface area (Å²) in [5.74, 6) is 1.28. The van der Waals surface area contributed by atoms with E-state index in [1.807, 2.05) is 0 Å². The third-order valence-corrected chi connectivity index (χ3v) is 4.85. The van der Waals surface area contributed by atoms with E-state index in [0.29, 0.717) is 29.4 Å². The second kappa shape index (κ2) is 6.53. The summed E-state index contributed by atoms with van der Waals surface area (Å²) >= 11 is 0. The lowest BCUT2D eigenvalue weighted by Crippen LogP contribution is -2.40. The number of aryl methyl sites for hydroxylation is 1. The largest absolute Gasteiger partial charge is 0.454 e. The lowest BCUT2D eigenvalue weighted by molar-refractivity contribution is -0.131. The number of fused-ring (bicyclic) bond motifs is 1. The first-order valence-electron chi connectivity index (χ1n) is 8.82. The van der Waals surface area contributed by atoms with Gasteiger partial charge in [0.05, 0.1) is 6.54 Å². The molecule has 0 aliphatic carbocycles. The number of aromatic nitrogens is 4. The summed E-state index contributed by atoms with van der Waals surface area (Å²) in [6.45, 7) is 4.54. The van der Waals surface area contributed by atoms with Crippen molar-refractivity contribution >= 4 is 11.9 Å². The molecule has 0 spiro atoms. The van der Waals surface area contributed by atoms with E-state index in [9.17, 15) is 9.59 Å². The lowest BCUT2D eigenvalue weighted by atomic mass is 9.91. The van der Waals surface area contributed by atoms with Gasteiger partial charge in [-0.15, -0.1) is 5.10 Å². The van der Waals surface area contributed by atoms with Crippen LogP contribution in [-0.2, 0) is 23.4 Å². The van der Waals surface area contributed by atoms with Gasteiger partial charge in [0.2, 0.25) is 6.79 Å². The van der Waals surface area contributed by atoms with Crippen LogP contribution in [0.5, 0.6) is 11.5 Å². The molecular formula is C17H20N6O4. The molecule has 0 saturated carbocycles. The number of carbonyl (C=O) groups is 2. The standard InChI is InChI=1S/C17H20N6O4/c1-3-4-7-23-14(19-20-21-23)9-22-15(24)17(2,18-16(22)25)11-5-6-12-13(8-11)27-10-26-12/h5-6,8H,3-4,7,9-10H2,1-2H3,(H,18,25)/t17-/m1/s1. The maximum atomic E-state index is 13.1. The number of unbranched alkanes of at least 4 members (excludes halogenated alkanes) is 1. The Labute approximate surface area is 155 Å². The van der Waals surface area contributed by atoms with Gasteiger partial charge in [0.25, 0.3) is 5.91 Å². The molecule has 0 bridgehead atoms. The van der Waals surface area contributed by atoms with E-state index in [-0.39, 0.29) is 19.2 Å². The Morgan fingerprint density at radius 2 is 2.07 bits per heavy atom. The van der Waals surface area contributed by atoms with Crippen LogP contribution in [0.4, 0.5) is 4.79 Å². The molecule has 2 aromatic rings. The van der Waals surface area contributed by atoms with E-state index < -0.39 is 11.6 Å². The molecule has 1 saturated heterocycles. The summed E-state index contributed by atoms with van der Waals surface area (Å²) < 4.78 is 12.3. The first-order valence-corrected chi connectivity index (χ1v) is 8.82. The number of urea groups is 1. The molecule has 1 aromatic carbocycles. The van der Waals surface area contributed by atoms with Gasteiger partial charge >= 0.3 is 6.03 Å². The Hall–Kier alpha value is -3.17. The summed E-state index contributed by atoms with van der Waals surface area (Å²) in [5, 5.41) is 14.3. The Morgan fingerprint density at radius 1 is 1.26 bits per heavy atom. The topological polar surface area (TPSA) is 111 Å². The minimum absolute atomic E-state index is 0.0154. The van der Waals surface area contributed by atoms with Gasteiger partial charge in [0.15, 0.2) is 17.3 Å². The van der Waals surface area contributed by atoms with Crippen molar-refractivity contribution in [2.75, 3.05) is 6.79 Å². The molecule has 1 N–H and O–H groups in total. The van der Waals surface area contributed by atoms with Crippen molar-refractivity contribution in [1.29, 1.82) is 0 Å². The SMILES string of the molecule is CCCCn1nnnc1CN1C(=O)N[C@](C)(c2ccc3c(c2)OCO3)C1=O. The highest BCUT2D eigenvalue weighted by Gasteiger charge is 2.49. The van der Waals surface area contributed by atoms with Crippen molar-refractivity contribution in [2.24, 2.45) is 0 Å². The van der Waals surface area contributed by atoms with Gasteiger partial charge in [-0.1, -0.05) is 19.4 Å². The highest BCUT2D eigenvalue weighted by Crippen LogP contribution is 2.38. The predicted molar refractivity (Wildman–Crippen MR) is 91.7 cm³/mol. The average Bonchev–Trinajstić information content (AvgIpc) is 3.35. The second-order valence-electron chi connectivity index (χ2n) is 6.69. The van der Waals surface area contributed by atoms with Crippen molar-refractivity contribution in [3.8, 4) is 11.5 Å². The van der Waals surface area contributed by atoms with Crippen LogP contribution in [0.3, 0.4) is 0 Å². The predicted octanol–water partition coefficient (Wildman–Crippen LogP) is 1.17. The summed E-state index contributed by atoms with van der Waals surface area (Å²) in [4.78, 5) is 26.7. The lowest BCUT2D eigenvalue weighted by Gasteiger charge is -2.22. The van der Waals surface area contributed by atoms with Crippen LogP contribution >= 0.6 is 0 Å². The van der Waals surface area contributed by atoms with E-state index in [1.54, 1.807) is 29.8 Å². The van der Waals surface area contributed by atoms with E-state index in [2.05, 4.69) is 27.8 Å². The van der Waals surface area contributed by atoms with Gasteiger partial charge < -0.3 is 14.8 Å². The van der Waals surface area contributed by atoms with Crippen LogP contribution in [0.1, 0.15) is 38.1 Å². The number of nitrogens with one attached hydrogen (secondary N) is 1. The number of benzene rings is 1. The Bertz CT molecular complexity index is 897. The number of carbonyl (C=O) groups excluding carboxylic acids is 2. The van der Waals surface area contributed by atoms with Gasteiger partial charge in [-0.05, 0) is 41.5 Å². The number of amides is 3. The van der Waals surface area contributed by atoms with Crippen LogP contribution in [0.15, 0.2) is 18.2 Å². The molecule has 0 radical (unpaired) electrons. The third-order valence-electron chi connectivity index (χ3n) is 4.85. The molecular weight excluding hydrogens is 352 g/mol.